The number of amides is 6. The van der Waals surface area contributed by atoms with Crippen LogP contribution in [0.15, 0.2) is 30.3 Å². The molecule has 13 nitrogen and oxygen atoms in total. The van der Waals surface area contributed by atoms with E-state index in [4.69, 9.17) is 0 Å². The number of likely N-dealkylation sites (N-methyl/N-ethyl adjacent to an activating group) is 3. The zero-order valence-electron chi connectivity index (χ0n) is 34.6. The van der Waals surface area contributed by atoms with E-state index < -0.39 is 59.9 Å². The van der Waals surface area contributed by atoms with E-state index in [0.717, 1.165) is 24.8 Å². The minimum absolute atomic E-state index is 0.0116. The van der Waals surface area contributed by atoms with Crippen molar-refractivity contribution in [3.63, 3.8) is 0 Å². The molecular weight excluding hydrogens is 688 g/mol. The molecule has 3 N–H and O–H groups in total. The van der Waals surface area contributed by atoms with Crippen LogP contribution in [0.1, 0.15) is 99.5 Å². The van der Waals surface area contributed by atoms with Gasteiger partial charge in [-0.25, -0.2) is 0 Å². The number of aliphatic hydroxyl groups is 1. The lowest BCUT2D eigenvalue weighted by Crippen LogP contribution is -2.62. The average Bonchev–Trinajstić information content (AvgIpc) is 3.14. The van der Waals surface area contributed by atoms with Crippen molar-refractivity contribution in [2.45, 2.75) is 137 Å². The van der Waals surface area contributed by atoms with Gasteiger partial charge in [0.1, 0.15) is 30.2 Å². The van der Waals surface area contributed by atoms with Gasteiger partial charge in [-0.3, -0.25) is 28.8 Å². The Morgan fingerprint density at radius 3 is 1.63 bits per heavy atom. The van der Waals surface area contributed by atoms with E-state index in [1.54, 1.807) is 7.05 Å². The SMILES string of the molecule is CC[C@H](C)[C@H](NC(=O)[C@H](CC(C)C)N(C)C(=O)[C@@H](NC(=O)[C@H](CC(C)C)N(C)C(=O)C(Cc1ccccc1)N(C)C(C)=O)[C@@H](C)O)C(=O)N1CCCCC1. The maximum atomic E-state index is 14.2. The van der Waals surface area contributed by atoms with Gasteiger partial charge in [-0.2, -0.15) is 0 Å². The van der Waals surface area contributed by atoms with E-state index in [9.17, 15) is 33.9 Å². The Balaban J connectivity index is 2.38. The summed E-state index contributed by atoms with van der Waals surface area (Å²) < 4.78 is 0. The zero-order chi connectivity index (χ0) is 40.9. The molecule has 54 heavy (non-hydrogen) atoms. The lowest BCUT2D eigenvalue weighted by molar-refractivity contribution is -0.149. The van der Waals surface area contributed by atoms with Gasteiger partial charge in [-0.05, 0) is 62.3 Å². The first-order valence-electron chi connectivity index (χ1n) is 19.7. The number of rotatable bonds is 19. The van der Waals surface area contributed by atoms with Crippen molar-refractivity contribution < 1.29 is 33.9 Å². The minimum Gasteiger partial charge on any atom is -0.391 e. The van der Waals surface area contributed by atoms with E-state index >= 15 is 0 Å². The first kappa shape index (κ1) is 46.2. The number of benzene rings is 1. The van der Waals surface area contributed by atoms with Crippen LogP contribution in [0.3, 0.4) is 0 Å². The maximum Gasteiger partial charge on any atom is 0.248 e. The third-order valence-electron chi connectivity index (χ3n) is 10.6. The van der Waals surface area contributed by atoms with E-state index in [1.165, 1.54) is 42.6 Å². The molecule has 0 aromatic heterocycles. The zero-order valence-corrected chi connectivity index (χ0v) is 34.6. The molecule has 1 unspecified atom stereocenters. The molecule has 1 heterocycles. The standard InChI is InChI=1S/C41H68N6O7/c1-12-28(6)35(41(54)47-21-17-14-18-22-47)42-37(50)33(24-27(4)5)46(11)40(53)36(29(7)48)43-38(51)32(23-26(2)3)45(10)39(52)34(44(9)30(8)49)25-31-19-15-13-16-20-31/h13,15-16,19-20,26-29,32-36,48H,12,14,17-18,21-25H2,1-11H3,(H,42,50)(H,43,51)/t28-,29+,32-,33-,34?,35-,36-/m0/s1. The van der Waals surface area contributed by atoms with Crippen LogP contribution >= 0.6 is 0 Å². The van der Waals surface area contributed by atoms with Gasteiger partial charge < -0.3 is 35.3 Å². The molecule has 0 radical (unpaired) electrons. The lowest BCUT2D eigenvalue weighted by atomic mass is 9.95. The summed E-state index contributed by atoms with van der Waals surface area (Å²) in [5.41, 5.74) is 0.844. The summed E-state index contributed by atoms with van der Waals surface area (Å²) >= 11 is 0. The van der Waals surface area contributed by atoms with E-state index in [0.29, 0.717) is 19.5 Å². The van der Waals surface area contributed by atoms with Crippen molar-refractivity contribution in [2.24, 2.45) is 17.8 Å². The molecule has 0 bridgehead atoms. The summed E-state index contributed by atoms with van der Waals surface area (Å²) in [6, 6.07) is 4.17. The summed E-state index contributed by atoms with van der Waals surface area (Å²) in [5.74, 6) is -2.89. The van der Waals surface area contributed by atoms with Gasteiger partial charge in [0.05, 0.1) is 6.10 Å². The van der Waals surface area contributed by atoms with Crippen LogP contribution in [-0.2, 0) is 35.2 Å². The fraction of sp³-hybridized carbons (Fsp3) is 0.707. The van der Waals surface area contributed by atoms with Gasteiger partial charge in [-0.15, -0.1) is 0 Å². The Morgan fingerprint density at radius 1 is 0.704 bits per heavy atom. The number of likely N-dealkylation sites (tertiary alicyclic amines) is 1. The second kappa shape index (κ2) is 21.8. The Hall–Kier alpha value is -4.00. The number of carbonyl (C=O) groups is 6. The van der Waals surface area contributed by atoms with Crippen LogP contribution in [0, 0.1) is 17.8 Å². The second-order valence-electron chi connectivity index (χ2n) is 16.0. The summed E-state index contributed by atoms with van der Waals surface area (Å²) in [6.07, 6.45) is 2.96. The van der Waals surface area contributed by atoms with Crippen molar-refractivity contribution in [3.05, 3.63) is 35.9 Å². The van der Waals surface area contributed by atoms with E-state index in [2.05, 4.69) is 10.6 Å². The normalized spacial score (nSPS) is 17.0. The first-order valence-corrected chi connectivity index (χ1v) is 19.7. The maximum absolute atomic E-state index is 14.2. The Labute approximate surface area is 323 Å². The summed E-state index contributed by atoms with van der Waals surface area (Å²) in [7, 11) is 4.53. The highest BCUT2D eigenvalue weighted by Crippen LogP contribution is 2.20. The number of hydrogen-bond donors (Lipinski definition) is 3. The van der Waals surface area contributed by atoms with Gasteiger partial charge in [0.15, 0.2) is 0 Å². The lowest BCUT2D eigenvalue weighted by Gasteiger charge is -2.37. The highest BCUT2D eigenvalue weighted by atomic mass is 16.3. The quantitative estimate of drug-likeness (QED) is 0.196. The van der Waals surface area contributed by atoms with Gasteiger partial charge in [0.2, 0.25) is 35.4 Å². The molecule has 13 heteroatoms. The topological polar surface area (TPSA) is 160 Å². The number of hydrogen-bond acceptors (Lipinski definition) is 7. The number of nitrogens with zero attached hydrogens (tertiary/aromatic N) is 4. The number of carbonyl (C=O) groups excluding carboxylic acids is 6. The number of aliphatic hydroxyl groups excluding tert-OH is 1. The fourth-order valence-electron chi connectivity index (χ4n) is 6.87. The first-order chi connectivity index (χ1) is 25.3. The van der Waals surface area contributed by atoms with Crippen LogP contribution in [0.4, 0.5) is 0 Å². The van der Waals surface area contributed by atoms with Gasteiger partial charge in [0.25, 0.3) is 0 Å². The summed E-state index contributed by atoms with van der Waals surface area (Å²) in [5, 5.41) is 16.6. The smallest absolute Gasteiger partial charge is 0.248 e. The molecule has 2 rings (SSSR count). The Kier molecular flexibility index (Phi) is 18.6. The molecule has 0 spiro atoms. The minimum atomic E-state index is -1.44. The van der Waals surface area contributed by atoms with Gasteiger partial charge in [-0.1, -0.05) is 78.3 Å². The van der Waals surface area contributed by atoms with Crippen molar-refractivity contribution in [2.75, 3.05) is 34.2 Å². The molecule has 0 saturated carbocycles. The van der Waals surface area contributed by atoms with Crippen LogP contribution in [0.5, 0.6) is 0 Å². The molecule has 6 amide bonds. The predicted molar refractivity (Wildman–Crippen MR) is 210 cm³/mol. The summed E-state index contributed by atoms with van der Waals surface area (Å²) in [6.45, 7) is 15.6. The number of piperidine rings is 1. The van der Waals surface area contributed by atoms with Gasteiger partial charge in [0, 0.05) is 47.6 Å². The van der Waals surface area contributed by atoms with Crippen molar-refractivity contribution in [1.29, 1.82) is 0 Å². The van der Waals surface area contributed by atoms with Crippen molar-refractivity contribution in [1.82, 2.24) is 30.2 Å². The number of nitrogens with one attached hydrogen (secondary N) is 2. The molecule has 0 aliphatic carbocycles. The van der Waals surface area contributed by atoms with E-state index in [1.807, 2.05) is 76.8 Å². The van der Waals surface area contributed by atoms with Crippen LogP contribution < -0.4 is 10.6 Å². The van der Waals surface area contributed by atoms with Crippen LogP contribution in [-0.4, -0.2) is 131 Å². The summed E-state index contributed by atoms with van der Waals surface area (Å²) in [4.78, 5) is 88.4. The van der Waals surface area contributed by atoms with Crippen LogP contribution in [0.25, 0.3) is 0 Å². The second-order valence-corrected chi connectivity index (χ2v) is 16.0. The van der Waals surface area contributed by atoms with Crippen molar-refractivity contribution in [3.8, 4) is 0 Å². The van der Waals surface area contributed by atoms with Crippen LogP contribution in [0.2, 0.25) is 0 Å². The Morgan fingerprint density at radius 2 is 1.19 bits per heavy atom. The molecule has 1 aromatic rings. The predicted octanol–water partition coefficient (Wildman–Crippen LogP) is 3.23. The third-order valence-corrected chi connectivity index (χ3v) is 10.6. The highest BCUT2D eigenvalue weighted by Gasteiger charge is 2.40. The van der Waals surface area contributed by atoms with E-state index in [-0.39, 0.29) is 48.8 Å². The molecule has 1 saturated heterocycles. The largest absolute Gasteiger partial charge is 0.391 e. The third kappa shape index (κ3) is 13.1. The van der Waals surface area contributed by atoms with Crippen molar-refractivity contribution >= 4 is 35.4 Å². The molecule has 304 valence electrons. The highest BCUT2D eigenvalue weighted by molar-refractivity contribution is 5.96. The molecular formula is C41H68N6O7. The molecule has 1 aromatic carbocycles. The molecule has 1 aliphatic heterocycles. The molecule has 7 atom stereocenters. The molecule has 1 aliphatic rings. The molecule has 1 fully saturated rings. The Bertz CT molecular complexity index is 1400. The average molecular weight is 757 g/mol. The fourth-order valence-corrected chi connectivity index (χ4v) is 6.87. The monoisotopic (exact) mass is 757 g/mol. The van der Waals surface area contributed by atoms with Gasteiger partial charge >= 0.3 is 0 Å².